The first-order chi connectivity index (χ1) is 3.62. The molecule has 0 fully saturated rings. The molecule has 0 atom stereocenters. The SMILES string of the molecule is C=CC(Cl)(Cl)CCO. The van der Waals surface area contributed by atoms with Gasteiger partial charge in [-0.2, -0.15) is 0 Å². The van der Waals surface area contributed by atoms with Gasteiger partial charge in [0.05, 0.1) is 0 Å². The van der Waals surface area contributed by atoms with E-state index in [2.05, 4.69) is 6.58 Å². The number of aliphatic hydroxyl groups is 1. The molecule has 8 heavy (non-hydrogen) atoms. The molecule has 0 bridgehead atoms. The monoisotopic (exact) mass is 154 g/mol. The van der Waals surface area contributed by atoms with Gasteiger partial charge in [-0.15, -0.1) is 6.58 Å². The molecule has 0 unspecified atom stereocenters. The first-order valence-corrected chi connectivity index (χ1v) is 3.00. The van der Waals surface area contributed by atoms with Gasteiger partial charge in [-0.25, -0.2) is 0 Å². The van der Waals surface area contributed by atoms with Crippen molar-refractivity contribution in [2.75, 3.05) is 6.61 Å². The van der Waals surface area contributed by atoms with Crippen molar-refractivity contribution in [1.82, 2.24) is 0 Å². The zero-order valence-electron chi connectivity index (χ0n) is 4.40. The number of hydrogen-bond donors (Lipinski definition) is 1. The molecule has 0 aliphatic rings. The Morgan fingerprint density at radius 3 is 2.25 bits per heavy atom. The highest BCUT2D eigenvalue weighted by Gasteiger charge is 2.16. The first kappa shape index (κ1) is 8.28. The van der Waals surface area contributed by atoms with Crippen molar-refractivity contribution in [1.29, 1.82) is 0 Å². The van der Waals surface area contributed by atoms with Gasteiger partial charge in [0.15, 0.2) is 0 Å². The third-order valence-electron chi connectivity index (χ3n) is 0.744. The molecule has 0 aromatic carbocycles. The average molecular weight is 155 g/mol. The smallest absolute Gasteiger partial charge is 0.138 e. The van der Waals surface area contributed by atoms with E-state index in [1.54, 1.807) is 0 Å². The summed E-state index contributed by atoms with van der Waals surface area (Å²) in [6, 6.07) is 0. The van der Waals surface area contributed by atoms with Gasteiger partial charge in [-0.1, -0.05) is 29.3 Å². The Morgan fingerprint density at radius 2 is 2.12 bits per heavy atom. The summed E-state index contributed by atoms with van der Waals surface area (Å²) in [6.07, 6.45) is 1.73. The zero-order chi connectivity index (χ0) is 6.62. The number of hydrogen-bond acceptors (Lipinski definition) is 1. The van der Waals surface area contributed by atoms with E-state index in [0.29, 0.717) is 6.42 Å². The lowest BCUT2D eigenvalue weighted by molar-refractivity contribution is 0.287. The molecule has 0 aliphatic carbocycles. The summed E-state index contributed by atoms with van der Waals surface area (Å²) in [5, 5.41) is 8.32. The van der Waals surface area contributed by atoms with Crippen LogP contribution in [0.4, 0.5) is 0 Å². The van der Waals surface area contributed by atoms with E-state index in [1.807, 2.05) is 0 Å². The highest BCUT2D eigenvalue weighted by Crippen LogP contribution is 2.25. The fourth-order valence-corrected chi connectivity index (χ4v) is 0.420. The minimum Gasteiger partial charge on any atom is -0.396 e. The van der Waals surface area contributed by atoms with E-state index in [4.69, 9.17) is 28.3 Å². The number of rotatable bonds is 3. The molecule has 0 saturated heterocycles. The lowest BCUT2D eigenvalue weighted by Gasteiger charge is -2.10. The van der Waals surface area contributed by atoms with Crippen LogP contribution in [0.5, 0.6) is 0 Å². The Hall–Kier alpha value is 0.280. The number of aliphatic hydroxyl groups excluding tert-OH is 1. The van der Waals surface area contributed by atoms with Gasteiger partial charge in [0, 0.05) is 13.0 Å². The van der Waals surface area contributed by atoms with Crippen LogP contribution >= 0.6 is 23.2 Å². The molecule has 0 aromatic heterocycles. The summed E-state index contributed by atoms with van der Waals surface area (Å²) < 4.78 is -0.950. The predicted molar refractivity (Wildman–Crippen MR) is 36.3 cm³/mol. The molecule has 0 rings (SSSR count). The average Bonchev–Trinajstić information content (AvgIpc) is 1.67. The van der Waals surface area contributed by atoms with Gasteiger partial charge >= 0.3 is 0 Å². The molecule has 48 valence electrons. The molecular weight excluding hydrogens is 147 g/mol. The van der Waals surface area contributed by atoms with Crippen molar-refractivity contribution >= 4 is 23.2 Å². The standard InChI is InChI=1S/C5H8Cl2O/c1-2-5(6,7)3-4-8/h2,8H,1,3-4H2. The van der Waals surface area contributed by atoms with Crippen LogP contribution < -0.4 is 0 Å². The van der Waals surface area contributed by atoms with Gasteiger partial charge in [0.2, 0.25) is 0 Å². The van der Waals surface area contributed by atoms with Gasteiger partial charge < -0.3 is 5.11 Å². The largest absolute Gasteiger partial charge is 0.396 e. The highest BCUT2D eigenvalue weighted by atomic mass is 35.5. The number of alkyl halides is 2. The topological polar surface area (TPSA) is 20.2 Å². The third-order valence-corrected chi connectivity index (χ3v) is 1.43. The lowest BCUT2D eigenvalue weighted by atomic mass is 10.3. The van der Waals surface area contributed by atoms with E-state index >= 15 is 0 Å². The molecule has 0 heterocycles. The van der Waals surface area contributed by atoms with Crippen LogP contribution in [0.25, 0.3) is 0 Å². The summed E-state index contributed by atoms with van der Waals surface area (Å²) in [7, 11) is 0. The predicted octanol–water partition coefficient (Wildman–Crippen LogP) is 1.73. The Bertz CT molecular complexity index is 80.5. The molecular formula is C5H8Cl2O. The van der Waals surface area contributed by atoms with Gasteiger partial charge in [-0.3, -0.25) is 0 Å². The van der Waals surface area contributed by atoms with Crippen LogP contribution in [0.15, 0.2) is 12.7 Å². The van der Waals surface area contributed by atoms with Crippen LogP contribution in [-0.4, -0.2) is 16.0 Å². The van der Waals surface area contributed by atoms with Crippen LogP contribution in [0.3, 0.4) is 0 Å². The molecule has 0 saturated carbocycles. The Kier molecular flexibility index (Phi) is 3.45. The second-order valence-corrected chi connectivity index (χ2v) is 2.98. The minimum absolute atomic E-state index is 0.0149. The third kappa shape index (κ3) is 3.30. The molecule has 0 aromatic rings. The van der Waals surface area contributed by atoms with E-state index < -0.39 is 4.33 Å². The second kappa shape index (κ2) is 3.33. The maximum absolute atomic E-state index is 8.32. The summed E-state index contributed by atoms with van der Waals surface area (Å²) in [6.45, 7) is 3.36. The van der Waals surface area contributed by atoms with Crippen LogP contribution in [-0.2, 0) is 0 Å². The molecule has 0 aliphatic heterocycles. The van der Waals surface area contributed by atoms with Crippen molar-refractivity contribution in [2.24, 2.45) is 0 Å². The first-order valence-electron chi connectivity index (χ1n) is 2.24. The van der Waals surface area contributed by atoms with Gasteiger partial charge in [0.1, 0.15) is 4.33 Å². The van der Waals surface area contributed by atoms with E-state index in [9.17, 15) is 0 Å². The Labute approximate surface area is 58.9 Å². The molecule has 1 nitrogen and oxygen atoms in total. The minimum atomic E-state index is -0.950. The normalized spacial score (nSPS) is 11.4. The van der Waals surface area contributed by atoms with E-state index in [0.717, 1.165) is 0 Å². The van der Waals surface area contributed by atoms with Crippen molar-refractivity contribution < 1.29 is 5.11 Å². The molecule has 0 spiro atoms. The molecule has 0 radical (unpaired) electrons. The maximum atomic E-state index is 8.32. The number of allylic oxidation sites excluding steroid dienone is 1. The maximum Gasteiger partial charge on any atom is 0.138 e. The fourth-order valence-electron chi connectivity index (χ4n) is 0.251. The Balaban J connectivity index is 3.53. The number of halogens is 2. The highest BCUT2D eigenvalue weighted by molar-refractivity contribution is 6.49. The Morgan fingerprint density at radius 1 is 1.62 bits per heavy atom. The summed E-state index contributed by atoms with van der Waals surface area (Å²) in [4.78, 5) is 0. The quantitative estimate of drug-likeness (QED) is 0.486. The van der Waals surface area contributed by atoms with Crippen molar-refractivity contribution in [3.63, 3.8) is 0 Å². The zero-order valence-corrected chi connectivity index (χ0v) is 5.91. The molecule has 0 amide bonds. The summed E-state index contributed by atoms with van der Waals surface area (Å²) in [5.74, 6) is 0. The van der Waals surface area contributed by atoms with Crippen molar-refractivity contribution in [3.05, 3.63) is 12.7 Å². The fraction of sp³-hybridized carbons (Fsp3) is 0.600. The van der Waals surface area contributed by atoms with Crippen LogP contribution in [0.2, 0.25) is 0 Å². The summed E-state index contributed by atoms with van der Waals surface area (Å²) >= 11 is 11.0. The van der Waals surface area contributed by atoms with Crippen molar-refractivity contribution in [2.45, 2.75) is 10.8 Å². The van der Waals surface area contributed by atoms with Crippen LogP contribution in [0.1, 0.15) is 6.42 Å². The van der Waals surface area contributed by atoms with Crippen molar-refractivity contribution in [3.8, 4) is 0 Å². The van der Waals surface area contributed by atoms with Crippen LogP contribution in [0, 0.1) is 0 Å². The van der Waals surface area contributed by atoms with E-state index in [-0.39, 0.29) is 6.61 Å². The van der Waals surface area contributed by atoms with E-state index in [1.165, 1.54) is 6.08 Å². The van der Waals surface area contributed by atoms with Gasteiger partial charge in [0.25, 0.3) is 0 Å². The molecule has 3 heteroatoms. The summed E-state index contributed by atoms with van der Waals surface area (Å²) in [5.41, 5.74) is 0. The molecule has 1 N–H and O–H groups in total. The second-order valence-electron chi connectivity index (χ2n) is 1.44. The lowest BCUT2D eigenvalue weighted by Crippen LogP contribution is -2.09. The van der Waals surface area contributed by atoms with Gasteiger partial charge in [-0.05, 0) is 0 Å².